The topological polar surface area (TPSA) is 12.5 Å². The van der Waals surface area contributed by atoms with Crippen molar-refractivity contribution in [2.45, 2.75) is 12.2 Å². The van der Waals surface area contributed by atoms with Crippen LogP contribution in [0.1, 0.15) is 23.3 Å². The molecular formula is C14H10ClFO. The number of hydrogen-bond acceptors (Lipinski definition) is 1. The van der Waals surface area contributed by atoms with E-state index in [0.29, 0.717) is 5.02 Å². The average Bonchev–Trinajstić information content (AvgIpc) is 3.11. The largest absolute Gasteiger partial charge is 0.359 e. The van der Waals surface area contributed by atoms with Gasteiger partial charge in [0.05, 0.1) is 0 Å². The molecule has 0 N–H and O–H groups in total. The van der Waals surface area contributed by atoms with E-state index in [9.17, 15) is 4.39 Å². The second-order valence-electron chi connectivity index (χ2n) is 4.05. The van der Waals surface area contributed by atoms with E-state index in [1.54, 1.807) is 12.1 Å². The van der Waals surface area contributed by atoms with Gasteiger partial charge >= 0.3 is 0 Å². The molecule has 0 aromatic heterocycles. The molecule has 0 bridgehead atoms. The van der Waals surface area contributed by atoms with Gasteiger partial charge in [0, 0.05) is 10.6 Å². The fraction of sp³-hybridized carbons (Fsp3) is 0.143. The highest BCUT2D eigenvalue weighted by molar-refractivity contribution is 6.31. The van der Waals surface area contributed by atoms with E-state index >= 15 is 0 Å². The lowest BCUT2D eigenvalue weighted by molar-refractivity contribution is 0.377. The van der Waals surface area contributed by atoms with Crippen LogP contribution in [0.25, 0.3) is 0 Å². The maximum Gasteiger partial charge on any atom is 0.123 e. The number of hydrogen-bond donors (Lipinski definition) is 0. The van der Waals surface area contributed by atoms with Crippen LogP contribution in [0.4, 0.5) is 4.39 Å². The Morgan fingerprint density at radius 2 is 1.65 bits per heavy atom. The molecule has 0 radical (unpaired) electrons. The summed E-state index contributed by atoms with van der Waals surface area (Å²) in [4.78, 5) is 0. The molecule has 0 aliphatic carbocycles. The Labute approximate surface area is 104 Å². The summed E-state index contributed by atoms with van der Waals surface area (Å²) in [6, 6.07) is 14.0. The fourth-order valence-electron chi connectivity index (χ4n) is 1.96. The van der Waals surface area contributed by atoms with E-state index < -0.39 is 0 Å². The van der Waals surface area contributed by atoms with Crippen molar-refractivity contribution in [3.63, 3.8) is 0 Å². The molecule has 1 nitrogen and oxygen atoms in total. The molecule has 2 atom stereocenters. The smallest absolute Gasteiger partial charge is 0.123 e. The summed E-state index contributed by atoms with van der Waals surface area (Å²) in [5.74, 6) is -0.233. The second-order valence-corrected chi connectivity index (χ2v) is 4.46. The molecule has 1 aliphatic heterocycles. The Hall–Kier alpha value is -1.38. The van der Waals surface area contributed by atoms with Gasteiger partial charge in [-0.05, 0) is 23.8 Å². The second kappa shape index (κ2) is 4.13. The first-order chi connectivity index (χ1) is 8.25. The SMILES string of the molecule is Fc1ccc([C@H]2O[C@@H]2c2ccccc2Cl)cc1. The van der Waals surface area contributed by atoms with Crippen molar-refractivity contribution in [2.75, 3.05) is 0 Å². The van der Waals surface area contributed by atoms with Gasteiger partial charge in [0.15, 0.2) is 0 Å². The van der Waals surface area contributed by atoms with Crippen LogP contribution >= 0.6 is 11.6 Å². The zero-order chi connectivity index (χ0) is 11.8. The Morgan fingerprint density at radius 3 is 2.35 bits per heavy atom. The molecule has 1 heterocycles. The van der Waals surface area contributed by atoms with E-state index in [1.165, 1.54) is 12.1 Å². The van der Waals surface area contributed by atoms with Crippen molar-refractivity contribution >= 4 is 11.6 Å². The summed E-state index contributed by atoms with van der Waals surface area (Å²) in [7, 11) is 0. The van der Waals surface area contributed by atoms with Crippen LogP contribution in [0.3, 0.4) is 0 Å². The van der Waals surface area contributed by atoms with Crippen LogP contribution in [0, 0.1) is 5.82 Å². The van der Waals surface area contributed by atoms with Gasteiger partial charge in [-0.2, -0.15) is 0 Å². The summed E-state index contributed by atoms with van der Waals surface area (Å²) in [5, 5.41) is 0.710. The molecule has 86 valence electrons. The highest BCUT2D eigenvalue weighted by Gasteiger charge is 2.42. The summed E-state index contributed by atoms with van der Waals surface area (Å²) in [6.07, 6.45) is -0.00957. The number of rotatable bonds is 2. The van der Waals surface area contributed by atoms with Crippen molar-refractivity contribution in [3.05, 3.63) is 70.5 Å². The normalized spacial score (nSPS) is 22.5. The Balaban J connectivity index is 1.83. The minimum absolute atomic E-state index is 0.00417. The molecule has 3 heteroatoms. The van der Waals surface area contributed by atoms with Crippen molar-refractivity contribution in [2.24, 2.45) is 0 Å². The van der Waals surface area contributed by atoms with Crippen LogP contribution in [0.5, 0.6) is 0 Å². The van der Waals surface area contributed by atoms with Crippen LogP contribution in [-0.4, -0.2) is 0 Å². The van der Waals surface area contributed by atoms with Gasteiger partial charge in [0.1, 0.15) is 18.0 Å². The van der Waals surface area contributed by atoms with Gasteiger partial charge in [-0.3, -0.25) is 0 Å². The van der Waals surface area contributed by atoms with Crippen LogP contribution in [0.2, 0.25) is 5.02 Å². The third kappa shape index (κ3) is 2.06. The third-order valence-electron chi connectivity index (χ3n) is 2.90. The van der Waals surface area contributed by atoms with E-state index in [1.807, 2.05) is 24.3 Å². The van der Waals surface area contributed by atoms with Crippen LogP contribution in [-0.2, 0) is 4.74 Å². The average molecular weight is 249 g/mol. The van der Waals surface area contributed by atoms with Gasteiger partial charge in [0.25, 0.3) is 0 Å². The van der Waals surface area contributed by atoms with E-state index in [2.05, 4.69) is 0 Å². The monoisotopic (exact) mass is 248 g/mol. The standard InChI is InChI=1S/C14H10ClFO/c15-12-4-2-1-3-11(12)14-13(17-14)9-5-7-10(16)8-6-9/h1-8,13-14H/t13-,14-/m1/s1. The molecule has 0 saturated carbocycles. The lowest BCUT2D eigenvalue weighted by Gasteiger charge is -1.99. The van der Waals surface area contributed by atoms with Gasteiger partial charge in [-0.15, -0.1) is 0 Å². The van der Waals surface area contributed by atoms with Crippen molar-refractivity contribution < 1.29 is 9.13 Å². The number of benzene rings is 2. The maximum atomic E-state index is 12.8. The zero-order valence-corrected chi connectivity index (χ0v) is 9.69. The minimum Gasteiger partial charge on any atom is -0.359 e. The molecule has 17 heavy (non-hydrogen) atoms. The zero-order valence-electron chi connectivity index (χ0n) is 8.94. The number of halogens is 2. The third-order valence-corrected chi connectivity index (χ3v) is 3.25. The van der Waals surface area contributed by atoms with Crippen molar-refractivity contribution in [3.8, 4) is 0 Å². The quantitative estimate of drug-likeness (QED) is 0.722. The van der Waals surface area contributed by atoms with E-state index in [0.717, 1.165) is 11.1 Å². The summed E-state index contributed by atoms with van der Waals surface area (Å²) >= 11 is 6.10. The summed E-state index contributed by atoms with van der Waals surface area (Å²) in [5.41, 5.74) is 1.97. The molecule has 1 aliphatic rings. The first-order valence-electron chi connectivity index (χ1n) is 5.41. The molecule has 0 spiro atoms. The predicted molar refractivity (Wildman–Crippen MR) is 64.4 cm³/mol. The van der Waals surface area contributed by atoms with Gasteiger partial charge in [0.2, 0.25) is 0 Å². The molecule has 1 fully saturated rings. The Morgan fingerprint density at radius 1 is 0.941 bits per heavy atom. The number of epoxide rings is 1. The summed E-state index contributed by atoms with van der Waals surface area (Å²) < 4.78 is 18.4. The lowest BCUT2D eigenvalue weighted by Crippen LogP contribution is -1.86. The first kappa shape index (κ1) is 10.8. The molecule has 3 rings (SSSR count). The van der Waals surface area contributed by atoms with Gasteiger partial charge < -0.3 is 4.74 Å². The van der Waals surface area contributed by atoms with Crippen molar-refractivity contribution in [1.29, 1.82) is 0 Å². The molecule has 2 aromatic carbocycles. The molecule has 2 aromatic rings. The summed E-state index contributed by atoms with van der Waals surface area (Å²) in [6.45, 7) is 0. The Kier molecular flexibility index (Phi) is 2.61. The molecule has 0 amide bonds. The van der Waals surface area contributed by atoms with Gasteiger partial charge in [-0.1, -0.05) is 41.9 Å². The van der Waals surface area contributed by atoms with E-state index in [4.69, 9.17) is 16.3 Å². The molecule has 0 unspecified atom stereocenters. The van der Waals surface area contributed by atoms with E-state index in [-0.39, 0.29) is 18.0 Å². The van der Waals surface area contributed by atoms with Crippen LogP contribution < -0.4 is 0 Å². The van der Waals surface area contributed by atoms with Gasteiger partial charge in [-0.25, -0.2) is 4.39 Å². The fourth-order valence-corrected chi connectivity index (χ4v) is 2.20. The highest BCUT2D eigenvalue weighted by Crippen LogP contribution is 2.52. The Bertz CT molecular complexity index is 538. The minimum atomic E-state index is -0.233. The molecular weight excluding hydrogens is 239 g/mol. The van der Waals surface area contributed by atoms with Crippen LogP contribution in [0.15, 0.2) is 48.5 Å². The van der Waals surface area contributed by atoms with Crippen molar-refractivity contribution in [1.82, 2.24) is 0 Å². The highest BCUT2D eigenvalue weighted by atomic mass is 35.5. The number of ether oxygens (including phenoxy) is 1. The predicted octanol–water partition coefficient (Wildman–Crippen LogP) is 4.29. The first-order valence-corrected chi connectivity index (χ1v) is 5.79. The lowest BCUT2D eigenvalue weighted by atomic mass is 10.0. The molecule has 1 saturated heterocycles. The maximum absolute atomic E-state index is 12.8.